The van der Waals surface area contributed by atoms with E-state index in [1.807, 2.05) is 60.7 Å². The Morgan fingerprint density at radius 2 is 1.57 bits per heavy atom. The fourth-order valence-electron chi connectivity index (χ4n) is 4.34. The van der Waals surface area contributed by atoms with E-state index in [-0.39, 0.29) is 37.2 Å². The SMILES string of the molecule is C=CCOC(=O)Nc1ccc(C2OC(CSc3ccc(NC(C)=O)cc3)C(C)C(c3ccc(CO)cc3)O2)cc1. The molecule has 1 saturated heterocycles. The van der Waals surface area contributed by atoms with Gasteiger partial charge in [-0.05, 0) is 47.5 Å². The molecule has 4 unspecified atom stereocenters. The number of carbonyl (C=O) groups is 2. The Balaban J connectivity index is 1.50. The van der Waals surface area contributed by atoms with Crippen molar-refractivity contribution < 1.29 is 28.9 Å². The highest BCUT2D eigenvalue weighted by Gasteiger charge is 2.38. The Bertz CT molecular complexity index is 1280. The summed E-state index contributed by atoms with van der Waals surface area (Å²) in [6.45, 7) is 7.25. The predicted molar refractivity (Wildman–Crippen MR) is 156 cm³/mol. The minimum atomic E-state index is -0.617. The molecule has 1 heterocycles. The van der Waals surface area contributed by atoms with Crippen LogP contribution in [0.1, 0.15) is 42.9 Å². The molecule has 0 spiro atoms. The number of anilines is 2. The van der Waals surface area contributed by atoms with Gasteiger partial charge >= 0.3 is 6.09 Å². The second-order valence-corrected chi connectivity index (χ2v) is 10.6. The minimum Gasteiger partial charge on any atom is -0.445 e. The van der Waals surface area contributed by atoms with Gasteiger partial charge < -0.3 is 24.6 Å². The summed E-state index contributed by atoms with van der Waals surface area (Å²) < 4.78 is 18.0. The van der Waals surface area contributed by atoms with E-state index in [1.165, 1.54) is 13.0 Å². The van der Waals surface area contributed by atoms with Gasteiger partial charge in [-0.25, -0.2) is 4.79 Å². The van der Waals surface area contributed by atoms with E-state index in [1.54, 1.807) is 23.9 Å². The van der Waals surface area contributed by atoms with Crippen molar-refractivity contribution in [2.45, 2.75) is 43.8 Å². The third-order valence-corrected chi connectivity index (χ3v) is 7.57. The number of carbonyl (C=O) groups excluding carboxylic acids is 2. The standard InChI is InChI=1S/C31H34N2O6S/c1-4-17-37-31(36)33-26-11-9-24(10-12-26)30-38-28(19-40-27-15-13-25(14-16-27)32-21(3)35)20(2)29(39-30)23-7-5-22(18-34)6-8-23/h4-16,20,28-30,34H,1,17-19H2,2-3H3,(H,32,35)(H,33,36). The highest BCUT2D eigenvalue weighted by molar-refractivity contribution is 7.99. The van der Waals surface area contributed by atoms with Crippen molar-refractivity contribution in [3.63, 3.8) is 0 Å². The molecule has 3 aromatic carbocycles. The number of thioether (sulfide) groups is 1. The van der Waals surface area contributed by atoms with E-state index in [9.17, 15) is 14.7 Å². The van der Waals surface area contributed by atoms with Crippen molar-refractivity contribution in [2.75, 3.05) is 23.0 Å². The van der Waals surface area contributed by atoms with Crippen LogP contribution in [0.4, 0.5) is 16.2 Å². The van der Waals surface area contributed by atoms with Gasteiger partial charge in [-0.3, -0.25) is 10.1 Å². The summed E-state index contributed by atoms with van der Waals surface area (Å²) >= 11 is 1.68. The molecule has 0 aromatic heterocycles. The number of amides is 2. The lowest BCUT2D eigenvalue weighted by Crippen LogP contribution is -2.38. The van der Waals surface area contributed by atoms with Gasteiger partial charge in [0, 0.05) is 40.4 Å². The van der Waals surface area contributed by atoms with E-state index in [4.69, 9.17) is 14.2 Å². The Hall–Kier alpha value is -3.63. The van der Waals surface area contributed by atoms with Gasteiger partial charge in [0.1, 0.15) is 6.61 Å². The number of hydrogen-bond donors (Lipinski definition) is 3. The van der Waals surface area contributed by atoms with Crippen molar-refractivity contribution in [1.82, 2.24) is 0 Å². The molecule has 2 amide bonds. The van der Waals surface area contributed by atoms with Gasteiger partial charge in [-0.1, -0.05) is 56.0 Å². The zero-order chi connectivity index (χ0) is 28.5. The molecule has 9 heteroatoms. The molecule has 1 aliphatic heterocycles. The average Bonchev–Trinajstić information content (AvgIpc) is 2.96. The van der Waals surface area contributed by atoms with Gasteiger partial charge in [-0.2, -0.15) is 0 Å². The molecule has 0 saturated carbocycles. The zero-order valence-corrected chi connectivity index (χ0v) is 23.4. The third-order valence-electron chi connectivity index (χ3n) is 6.47. The fraction of sp³-hybridized carbons (Fsp3) is 0.290. The Labute approximate surface area is 238 Å². The third kappa shape index (κ3) is 7.95. The Morgan fingerprint density at radius 3 is 2.20 bits per heavy atom. The molecular weight excluding hydrogens is 528 g/mol. The maximum absolute atomic E-state index is 11.9. The van der Waals surface area contributed by atoms with Crippen LogP contribution in [0.3, 0.4) is 0 Å². The van der Waals surface area contributed by atoms with Crippen LogP contribution in [0.25, 0.3) is 0 Å². The lowest BCUT2D eigenvalue weighted by molar-refractivity contribution is -0.268. The zero-order valence-electron chi connectivity index (χ0n) is 22.5. The normalized spacial score (nSPS) is 20.4. The van der Waals surface area contributed by atoms with Gasteiger partial charge in [0.25, 0.3) is 0 Å². The van der Waals surface area contributed by atoms with Gasteiger partial charge in [0.15, 0.2) is 6.29 Å². The van der Waals surface area contributed by atoms with Crippen LogP contribution in [-0.4, -0.2) is 35.6 Å². The summed E-state index contributed by atoms with van der Waals surface area (Å²) in [5.74, 6) is 0.633. The first kappa shape index (κ1) is 29.4. The number of aliphatic hydroxyl groups excluding tert-OH is 1. The second kappa shape index (κ2) is 14.1. The highest BCUT2D eigenvalue weighted by Crippen LogP contribution is 2.43. The van der Waals surface area contributed by atoms with E-state index < -0.39 is 12.4 Å². The number of rotatable bonds is 10. The molecule has 4 rings (SSSR count). The lowest BCUT2D eigenvalue weighted by atomic mass is 9.91. The number of aliphatic hydroxyl groups is 1. The average molecular weight is 563 g/mol. The second-order valence-electron chi connectivity index (χ2n) is 9.47. The lowest BCUT2D eigenvalue weighted by Gasteiger charge is -2.41. The van der Waals surface area contributed by atoms with Crippen LogP contribution in [0.15, 0.2) is 90.3 Å². The van der Waals surface area contributed by atoms with Crippen molar-refractivity contribution in [3.8, 4) is 0 Å². The molecule has 1 aliphatic rings. The topological polar surface area (TPSA) is 106 Å². The van der Waals surface area contributed by atoms with Crippen molar-refractivity contribution in [2.24, 2.45) is 5.92 Å². The maximum Gasteiger partial charge on any atom is 0.411 e. The summed E-state index contributed by atoms with van der Waals surface area (Å²) in [6.07, 6.45) is -0.0302. The molecule has 3 aromatic rings. The summed E-state index contributed by atoms with van der Waals surface area (Å²) in [5.41, 5.74) is 4.02. The van der Waals surface area contributed by atoms with E-state index in [0.717, 1.165) is 27.3 Å². The number of benzene rings is 3. The van der Waals surface area contributed by atoms with Gasteiger partial charge in [0.05, 0.1) is 18.8 Å². The monoisotopic (exact) mass is 562 g/mol. The van der Waals surface area contributed by atoms with Crippen molar-refractivity contribution in [1.29, 1.82) is 0 Å². The Morgan fingerprint density at radius 1 is 0.950 bits per heavy atom. The van der Waals surface area contributed by atoms with Crippen LogP contribution in [0.5, 0.6) is 0 Å². The first-order chi connectivity index (χ1) is 19.4. The predicted octanol–water partition coefficient (Wildman–Crippen LogP) is 6.46. The summed E-state index contributed by atoms with van der Waals surface area (Å²) in [4.78, 5) is 24.3. The molecule has 40 heavy (non-hydrogen) atoms. The smallest absolute Gasteiger partial charge is 0.411 e. The van der Waals surface area contributed by atoms with Crippen LogP contribution >= 0.6 is 11.8 Å². The van der Waals surface area contributed by atoms with Crippen LogP contribution in [0, 0.1) is 5.92 Å². The molecule has 0 bridgehead atoms. The largest absolute Gasteiger partial charge is 0.445 e. The molecule has 0 aliphatic carbocycles. The number of hydrogen-bond acceptors (Lipinski definition) is 7. The minimum absolute atomic E-state index is 0.0192. The molecule has 1 fully saturated rings. The van der Waals surface area contributed by atoms with E-state index in [2.05, 4.69) is 24.1 Å². The molecular formula is C31H34N2O6S. The van der Waals surface area contributed by atoms with E-state index in [0.29, 0.717) is 11.4 Å². The Kier molecular flexibility index (Phi) is 10.4. The molecule has 4 atom stereocenters. The van der Waals surface area contributed by atoms with Crippen molar-refractivity contribution in [3.05, 3.63) is 102 Å². The van der Waals surface area contributed by atoms with Crippen molar-refractivity contribution >= 4 is 35.1 Å². The molecule has 8 nitrogen and oxygen atoms in total. The van der Waals surface area contributed by atoms with Gasteiger partial charge in [0.2, 0.25) is 5.91 Å². The quantitative estimate of drug-likeness (QED) is 0.192. The van der Waals surface area contributed by atoms with Gasteiger partial charge in [-0.15, -0.1) is 11.8 Å². The highest BCUT2D eigenvalue weighted by atomic mass is 32.2. The summed E-state index contributed by atoms with van der Waals surface area (Å²) in [5, 5.41) is 14.9. The van der Waals surface area contributed by atoms with E-state index >= 15 is 0 Å². The molecule has 210 valence electrons. The molecule has 0 radical (unpaired) electrons. The van der Waals surface area contributed by atoms with Crippen LogP contribution in [0.2, 0.25) is 0 Å². The number of nitrogens with one attached hydrogen (secondary N) is 2. The van der Waals surface area contributed by atoms with Crippen LogP contribution < -0.4 is 10.6 Å². The van der Waals surface area contributed by atoms with Crippen LogP contribution in [-0.2, 0) is 25.6 Å². The fourth-order valence-corrected chi connectivity index (χ4v) is 5.41. The maximum atomic E-state index is 11.9. The first-order valence-corrected chi connectivity index (χ1v) is 14.0. The number of ether oxygens (including phenoxy) is 3. The molecule has 3 N–H and O–H groups in total. The summed E-state index contributed by atoms with van der Waals surface area (Å²) in [6, 6.07) is 22.8. The summed E-state index contributed by atoms with van der Waals surface area (Å²) in [7, 11) is 0. The first-order valence-electron chi connectivity index (χ1n) is 13.0.